The third kappa shape index (κ3) is 5.18. The minimum atomic E-state index is -5.07. The Labute approximate surface area is 245 Å². The number of benzene rings is 1. The van der Waals surface area contributed by atoms with E-state index in [1.165, 1.54) is 10.9 Å². The van der Waals surface area contributed by atoms with E-state index in [9.17, 15) is 33.9 Å². The van der Waals surface area contributed by atoms with Crippen LogP contribution >= 0.6 is 15.6 Å². The summed E-state index contributed by atoms with van der Waals surface area (Å²) in [6, 6.07) is 6.93. The van der Waals surface area contributed by atoms with Crippen molar-refractivity contribution in [2.24, 2.45) is 0 Å². The van der Waals surface area contributed by atoms with E-state index in [2.05, 4.69) is 19.9 Å². The molecular formula is C22H25N7O13P2. The van der Waals surface area contributed by atoms with E-state index in [1.807, 2.05) is 0 Å². The highest BCUT2D eigenvalue weighted by Crippen LogP contribution is 2.53. The van der Waals surface area contributed by atoms with Crippen molar-refractivity contribution in [2.75, 3.05) is 18.9 Å². The van der Waals surface area contributed by atoms with Crippen LogP contribution < -0.4 is 11.3 Å². The molecule has 3 aliphatic rings. The van der Waals surface area contributed by atoms with E-state index >= 15 is 0 Å². The van der Waals surface area contributed by atoms with Crippen LogP contribution in [0.25, 0.3) is 22.2 Å². The van der Waals surface area contributed by atoms with Crippen LogP contribution in [0.3, 0.4) is 0 Å². The molecule has 0 saturated carbocycles. The molecule has 3 aliphatic heterocycles. The van der Waals surface area contributed by atoms with Crippen molar-refractivity contribution in [2.45, 2.75) is 49.1 Å². The first-order valence-electron chi connectivity index (χ1n) is 13.0. The lowest BCUT2D eigenvalue weighted by atomic mass is 10.1. The Bertz CT molecular complexity index is 1880. The van der Waals surface area contributed by atoms with Crippen LogP contribution in [0.1, 0.15) is 12.5 Å². The third-order valence-electron chi connectivity index (χ3n) is 7.42. The minimum absolute atomic E-state index is 0.112. The van der Waals surface area contributed by atoms with E-state index in [4.69, 9.17) is 33.3 Å². The number of H-pyrrole nitrogens is 1. The molecule has 1 aromatic carbocycles. The summed E-state index contributed by atoms with van der Waals surface area (Å²) in [4.78, 5) is 48.0. The molecule has 6 heterocycles. The molecule has 0 amide bonds. The Morgan fingerprint density at radius 2 is 1.55 bits per heavy atom. The molecule has 3 aromatic heterocycles. The predicted octanol–water partition coefficient (Wildman–Crippen LogP) is -0.714. The molecular weight excluding hydrogens is 632 g/mol. The van der Waals surface area contributed by atoms with Crippen LogP contribution in [0.15, 0.2) is 41.7 Å². The summed E-state index contributed by atoms with van der Waals surface area (Å²) in [5.74, 6) is -0.271. The molecule has 3 fully saturated rings. The normalized spacial score (nSPS) is 38.3. The first-order chi connectivity index (χ1) is 20.9. The summed E-state index contributed by atoms with van der Waals surface area (Å²) in [7, 11) is -10.1. The van der Waals surface area contributed by atoms with Crippen LogP contribution in [0.5, 0.6) is 0 Å². The Kier molecular flexibility index (Phi) is 7.24. The SMILES string of the molecule is Nc1nc2c(ncn2[C@@H]2O[C@@H]3COP(=O)(O)OC4C(O)[C@H](n5cnc6ccccc65)O[C@@H]4COP(=O)(O)OC2C3O)c(=O)[nH]1. The van der Waals surface area contributed by atoms with Crippen molar-refractivity contribution < 1.29 is 56.7 Å². The number of nitrogens with one attached hydrogen (secondary N) is 1. The number of rotatable bonds is 2. The van der Waals surface area contributed by atoms with E-state index in [1.54, 1.807) is 24.3 Å². The molecule has 20 nitrogen and oxygen atoms in total. The number of phosphoric acid groups is 2. The zero-order chi connectivity index (χ0) is 31.0. The lowest BCUT2D eigenvalue weighted by Gasteiger charge is -2.25. The van der Waals surface area contributed by atoms with Crippen molar-refractivity contribution in [3.05, 3.63) is 47.3 Å². The molecule has 4 aromatic rings. The molecule has 44 heavy (non-hydrogen) atoms. The summed E-state index contributed by atoms with van der Waals surface area (Å²) in [6.45, 7) is -1.56. The van der Waals surface area contributed by atoms with Gasteiger partial charge >= 0.3 is 15.6 Å². The third-order valence-corrected chi connectivity index (χ3v) is 9.39. The summed E-state index contributed by atoms with van der Waals surface area (Å²) < 4.78 is 61.4. The molecule has 10 atom stereocenters. The average molecular weight is 657 g/mol. The van der Waals surface area contributed by atoms with Gasteiger partial charge < -0.3 is 39.8 Å². The van der Waals surface area contributed by atoms with Crippen molar-refractivity contribution in [1.29, 1.82) is 0 Å². The smallest absolute Gasteiger partial charge is 0.387 e. The van der Waals surface area contributed by atoms with Crippen LogP contribution in [0.2, 0.25) is 0 Å². The van der Waals surface area contributed by atoms with E-state index in [0.29, 0.717) is 11.0 Å². The van der Waals surface area contributed by atoms with Crippen LogP contribution in [0, 0.1) is 0 Å². The quantitative estimate of drug-likeness (QED) is 0.145. The zero-order valence-electron chi connectivity index (χ0n) is 22.2. The van der Waals surface area contributed by atoms with Gasteiger partial charge in [-0.3, -0.25) is 32.4 Å². The van der Waals surface area contributed by atoms with Gasteiger partial charge in [0.2, 0.25) is 5.95 Å². The van der Waals surface area contributed by atoms with Crippen LogP contribution in [-0.4, -0.2) is 98.9 Å². The number of nitrogens with zero attached hydrogens (tertiary/aromatic N) is 5. The highest BCUT2D eigenvalue weighted by Gasteiger charge is 2.53. The Hall–Kier alpha value is -3.10. The van der Waals surface area contributed by atoms with Crippen molar-refractivity contribution in [3.8, 4) is 0 Å². The lowest BCUT2D eigenvalue weighted by molar-refractivity contribution is -0.0671. The Morgan fingerprint density at radius 3 is 2.32 bits per heavy atom. The number of aliphatic hydroxyl groups is 2. The number of fused-ring (bicyclic) bond motifs is 5. The fourth-order valence-corrected chi connectivity index (χ4v) is 7.32. The molecule has 7 N–H and O–H groups in total. The number of aromatic amines is 1. The van der Waals surface area contributed by atoms with Gasteiger partial charge in [0.05, 0.1) is 36.9 Å². The van der Waals surface area contributed by atoms with Gasteiger partial charge in [0.1, 0.15) is 36.6 Å². The first kappa shape index (κ1) is 29.6. The second-order valence-electron chi connectivity index (χ2n) is 10.2. The predicted molar refractivity (Wildman–Crippen MR) is 143 cm³/mol. The zero-order valence-corrected chi connectivity index (χ0v) is 24.0. The maximum atomic E-state index is 13.2. The number of phosphoric ester groups is 2. The number of imidazole rings is 2. The number of aromatic nitrogens is 6. The average Bonchev–Trinajstić information content (AvgIpc) is 3.72. The van der Waals surface area contributed by atoms with Gasteiger partial charge in [-0.1, -0.05) is 12.1 Å². The van der Waals surface area contributed by atoms with Crippen LogP contribution in [0.4, 0.5) is 5.95 Å². The molecule has 7 rings (SSSR count). The molecule has 6 unspecified atom stereocenters. The molecule has 2 bridgehead atoms. The number of hydrogen-bond donors (Lipinski definition) is 6. The monoisotopic (exact) mass is 657 g/mol. The molecule has 0 spiro atoms. The molecule has 236 valence electrons. The number of hydrogen-bond acceptors (Lipinski definition) is 15. The van der Waals surface area contributed by atoms with Crippen LogP contribution in [-0.2, 0) is 36.7 Å². The number of aliphatic hydroxyl groups excluding tert-OH is 2. The lowest BCUT2D eigenvalue weighted by Crippen LogP contribution is -2.36. The summed E-state index contributed by atoms with van der Waals surface area (Å²) in [5, 5.41) is 22.1. The van der Waals surface area contributed by atoms with Crippen molar-refractivity contribution in [3.63, 3.8) is 0 Å². The summed E-state index contributed by atoms with van der Waals surface area (Å²) >= 11 is 0. The minimum Gasteiger partial charge on any atom is -0.387 e. The van der Waals surface area contributed by atoms with Gasteiger partial charge in [-0.05, 0) is 12.1 Å². The summed E-state index contributed by atoms with van der Waals surface area (Å²) in [6.07, 6.45) is -9.66. The van der Waals surface area contributed by atoms with E-state index in [0.717, 1.165) is 10.9 Å². The fraction of sp³-hybridized carbons (Fsp3) is 0.455. The first-order valence-corrected chi connectivity index (χ1v) is 16.0. The molecule has 22 heteroatoms. The number of ether oxygens (including phenoxy) is 2. The van der Waals surface area contributed by atoms with Crippen molar-refractivity contribution >= 4 is 43.8 Å². The maximum absolute atomic E-state index is 13.2. The fourth-order valence-electron chi connectivity index (χ4n) is 5.42. The van der Waals surface area contributed by atoms with Gasteiger partial charge in [0.15, 0.2) is 23.6 Å². The molecule has 0 radical (unpaired) electrons. The highest BCUT2D eigenvalue weighted by molar-refractivity contribution is 7.47. The molecule has 3 saturated heterocycles. The van der Waals surface area contributed by atoms with E-state index < -0.39 is 83.5 Å². The topological polar surface area (TPSA) is 278 Å². The number of nitrogens with two attached hydrogens (primary N) is 1. The molecule has 0 aliphatic carbocycles. The highest BCUT2D eigenvalue weighted by atomic mass is 31.2. The van der Waals surface area contributed by atoms with Gasteiger partial charge in [-0.25, -0.2) is 19.1 Å². The summed E-state index contributed by atoms with van der Waals surface area (Å²) in [5.41, 5.74) is 5.83. The largest absolute Gasteiger partial charge is 0.472 e. The Balaban J connectivity index is 1.21. The van der Waals surface area contributed by atoms with E-state index in [-0.39, 0.29) is 17.1 Å². The number of nitrogen functional groups attached to an aromatic ring is 1. The second kappa shape index (κ2) is 10.8. The van der Waals surface area contributed by atoms with Gasteiger partial charge in [0.25, 0.3) is 5.56 Å². The van der Waals surface area contributed by atoms with Gasteiger partial charge in [-0.2, -0.15) is 4.98 Å². The second-order valence-corrected chi connectivity index (χ2v) is 13.0. The number of para-hydroxylation sites is 2. The van der Waals surface area contributed by atoms with Gasteiger partial charge in [-0.15, -0.1) is 0 Å². The van der Waals surface area contributed by atoms with Gasteiger partial charge in [0, 0.05) is 0 Å². The number of anilines is 1. The van der Waals surface area contributed by atoms with Crippen molar-refractivity contribution in [1.82, 2.24) is 29.1 Å². The standard InChI is InChI=1S/C22H25N7O13P2/c23-22-26-18-13(19(32)27-22)25-8-29(18)21-17-14(30)11(39-21)5-37-43(33,34)41-16-12(6-38-44(35,36)42-17)40-20(15(16)31)28-7-24-9-3-1-2-4-10(9)28/h1-4,7-8,11-12,14-17,20-21,30-31H,5-6H2,(H,33,34)(H,35,36)(H3,23,26,27,32)/t11-,12-,14?,15?,16?,17?,20-,21-/m1/s1. The maximum Gasteiger partial charge on any atom is 0.472 e. The Morgan fingerprint density at radius 1 is 0.886 bits per heavy atom.